The maximum Gasteiger partial charge on any atom is 0.431 e. The van der Waals surface area contributed by atoms with Crippen molar-refractivity contribution >= 4 is 17.8 Å². The third kappa shape index (κ3) is 3.50. The van der Waals surface area contributed by atoms with Gasteiger partial charge >= 0.3 is 12.1 Å². The molecule has 0 radical (unpaired) electrons. The second-order valence-corrected chi connectivity index (χ2v) is 1.77. The van der Waals surface area contributed by atoms with Crippen LogP contribution >= 0.6 is 0 Å². The molecule has 0 bridgehead atoms. The molecule has 5 heteroatoms. The van der Waals surface area contributed by atoms with Crippen LogP contribution in [0.5, 0.6) is 0 Å². The van der Waals surface area contributed by atoms with Crippen molar-refractivity contribution in [2.24, 2.45) is 4.99 Å². The fraction of sp³-hybridized carbons (Fsp3) is 0.286. The predicted octanol–water partition coefficient (Wildman–Crippen LogP) is 0.855. The SMILES string of the molecule is C/C=C\C(=N/C(=O)O)C(=O)OC. The van der Waals surface area contributed by atoms with Crippen LogP contribution in [0, 0.1) is 0 Å². The van der Waals surface area contributed by atoms with Crippen molar-refractivity contribution in [2.75, 3.05) is 7.11 Å². The lowest BCUT2D eigenvalue weighted by atomic mass is 10.3. The Morgan fingerprint density at radius 2 is 2.08 bits per heavy atom. The number of hydrogen-bond acceptors (Lipinski definition) is 3. The number of nitrogens with zero attached hydrogens (tertiary/aromatic N) is 1. The second-order valence-electron chi connectivity index (χ2n) is 1.77. The molecule has 66 valence electrons. The van der Waals surface area contributed by atoms with Crippen LogP contribution in [-0.2, 0) is 9.53 Å². The molecule has 0 unspecified atom stereocenters. The number of allylic oxidation sites excluding steroid dienone is 1. The summed E-state index contributed by atoms with van der Waals surface area (Å²) in [6, 6.07) is 0. The molecule has 5 nitrogen and oxygen atoms in total. The van der Waals surface area contributed by atoms with E-state index < -0.39 is 12.1 Å². The van der Waals surface area contributed by atoms with Crippen molar-refractivity contribution in [2.45, 2.75) is 6.92 Å². The van der Waals surface area contributed by atoms with Gasteiger partial charge in [0.1, 0.15) is 0 Å². The van der Waals surface area contributed by atoms with Crippen LogP contribution in [0.2, 0.25) is 0 Å². The van der Waals surface area contributed by atoms with Gasteiger partial charge in [-0.2, -0.15) is 4.99 Å². The van der Waals surface area contributed by atoms with Crippen LogP contribution in [0.3, 0.4) is 0 Å². The third-order valence-corrected chi connectivity index (χ3v) is 0.935. The van der Waals surface area contributed by atoms with E-state index >= 15 is 0 Å². The summed E-state index contributed by atoms with van der Waals surface area (Å²) in [5.74, 6) is -0.768. The number of rotatable bonds is 2. The molecule has 1 N–H and O–H groups in total. The van der Waals surface area contributed by atoms with Crippen molar-refractivity contribution in [3.05, 3.63) is 12.2 Å². The highest BCUT2D eigenvalue weighted by Crippen LogP contribution is 1.88. The van der Waals surface area contributed by atoms with Gasteiger partial charge in [0, 0.05) is 0 Å². The van der Waals surface area contributed by atoms with Crippen LogP contribution in [0.25, 0.3) is 0 Å². The first-order valence-electron chi connectivity index (χ1n) is 3.14. The normalized spacial score (nSPS) is 11.7. The molecule has 0 saturated carbocycles. The van der Waals surface area contributed by atoms with E-state index in [1.165, 1.54) is 12.2 Å². The molecular formula is C7H9NO4. The Balaban J connectivity index is 4.66. The van der Waals surface area contributed by atoms with Gasteiger partial charge in [0.2, 0.25) is 0 Å². The van der Waals surface area contributed by atoms with Crippen LogP contribution < -0.4 is 0 Å². The summed E-state index contributed by atoms with van der Waals surface area (Å²) >= 11 is 0. The molecule has 0 aromatic rings. The first kappa shape index (κ1) is 10.3. The number of esters is 1. The summed E-state index contributed by atoms with van der Waals surface area (Å²) in [6.45, 7) is 1.64. The first-order chi connectivity index (χ1) is 5.61. The fourth-order valence-corrected chi connectivity index (χ4v) is 0.516. The van der Waals surface area contributed by atoms with Crippen molar-refractivity contribution in [3.8, 4) is 0 Å². The number of hydrogen-bond donors (Lipinski definition) is 1. The number of carbonyl (C=O) groups excluding carboxylic acids is 1. The Morgan fingerprint density at radius 3 is 2.42 bits per heavy atom. The van der Waals surface area contributed by atoms with E-state index in [4.69, 9.17) is 5.11 Å². The molecule has 0 aromatic carbocycles. The Bertz CT molecular complexity index is 242. The summed E-state index contributed by atoms with van der Waals surface area (Å²) in [5.41, 5.74) is -0.229. The van der Waals surface area contributed by atoms with Gasteiger partial charge in [0.05, 0.1) is 7.11 Å². The van der Waals surface area contributed by atoms with Gasteiger partial charge in [-0.25, -0.2) is 9.59 Å². The van der Waals surface area contributed by atoms with E-state index in [-0.39, 0.29) is 5.71 Å². The molecule has 1 amide bonds. The summed E-state index contributed by atoms with van der Waals surface area (Å²) < 4.78 is 4.28. The monoisotopic (exact) mass is 171 g/mol. The van der Waals surface area contributed by atoms with E-state index in [0.717, 1.165) is 7.11 Å². The molecule has 0 aliphatic heterocycles. The van der Waals surface area contributed by atoms with Crippen LogP contribution in [0.4, 0.5) is 4.79 Å². The zero-order valence-corrected chi connectivity index (χ0v) is 6.77. The van der Waals surface area contributed by atoms with Gasteiger partial charge in [0.25, 0.3) is 0 Å². The zero-order valence-electron chi connectivity index (χ0n) is 6.77. The molecular weight excluding hydrogens is 162 g/mol. The Labute approximate surface area is 69.4 Å². The van der Waals surface area contributed by atoms with E-state index in [0.29, 0.717) is 0 Å². The zero-order chi connectivity index (χ0) is 9.56. The summed E-state index contributed by atoms with van der Waals surface area (Å²) in [5, 5.41) is 8.23. The molecule has 0 saturated heterocycles. The maximum absolute atomic E-state index is 10.8. The molecule has 0 heterocycles. The number of methoxy groups -OCH3 is 1. The molecule has 12 heavy (non-hydrogen) atoms. The Kier molecular flexibility index (Phi) is 4.36. The minimum Gasteiger partial charge on any atom is -0.464 e. The van der Waals surface area contributed by atoms with Crippen molar-refractivity contribution in [1.29, 1.82) is 0 Å². The fourth-order valence-electron chi connectivity index (χ4n) is 0.516. The summed E-state index contributed by atoms with van der Waals surface area (Å²) in [6.07, 6.45) is 1.34. The van der Waals surface area contributed by atoms with Crippen LogP contribution in [0.1, 0.15) is 6.92 Å². The Hall–Kier alpha value is -1.65. The average Bonchev–Trinajstić information content (AvgIpc) is 2.01. The molecule has 0 aromatic heterocycles. The second kappa shape index (κ2) is 5.06. The third-order valence-electron chi connectivity index (χ3n) is 0.935. The summed E-state index contributed by atoms with van der Waals surface area (Å²) in [4.78, 5) is 23.9. The van der Waals surface area contributed by atoms with Crippen LogP contribution in [-0.4, -0.2) is 30.0 Å². The largest absolute Gasteiger partial charge is 0.464 e. The smallest absolute Gasteiger partial charge is 0.431 e. The maximum atomic E-state index is 10.8. The van der Waals surface area contributed by atoms with Gasteiger partial charge in [-0.1, -0.05) is 6.08 Å². The molecule has 0 fully saturated rings. The van der Waals surface area contributed by atoms with E-state index in [1.54, 1.807) is 6.92 Å². The first-order valence-corrected chi connectivity index (χ1v) is 3.14. The van der Waals surface area contributed by atoms with E-state index in [9.17, 15) is 9.59 Å². The minimum absolute atomic E-state index is 0.229. The van der Waals surface area contributed by atoms with E-state index in [1.807, 2.05) is 0 Å². The number of carbonyl (C=O) groups is 2. The van der Waals surface area contributed by atoms with Crippen molar-refractivity contribution < 1.29 is 19.4 Å². The predicted molar refractivity (Wildman–Crippen MR) is 42.3 cm³/mol. The topological polar surface area (TPSA) is 76.0 Å². The quantitative estimate of drug-likeness (QED) is 0.493. The van der Waals surface area contributed by atoms with Gasteiger partial charge in [-0.15, -0.1) is 0 Å². The van der Waals surface area contributed by atoms with E-state index in [2.05, 4.69) is 9.73 Å². The number of carboxylic acid groups (broad SMARTS) is 1. The van der Waals surface area contributed by atoms with Crippen molar-refractivity contribution in [3.63, 3.8) is 0 Å². The molecule has 0 rings (SSSR count). The lowest BCUT2D eigenvalue weighted by molar-refractivity contribution is -0.132. The van der Waals surface area contributed by atoms with Gasteiger partial charge in [-0.05, 0) is 13.0 Å². The van der Waals surface area contributed by atoms with Gasteiger partial charge < -0.3 is 9.84 Å². The van der Waals surface area contributed by atoms with Crippen LogP contribution in [0.15, 0.2) is 17.1 Å². The molecule has 0 aliphatic carbocycles. The number of ether oxygens (including phenoxy) is 1. The lowest BCUT2D eigenvalue weighted by Crippen LogP contribution is -2.14. The van der Waals surface area contributed by atoms with Crippen molar-refractivity contribution in [1.82, 2.24) is 0 Å². The Morgan fingerprint density at radius 1 is 1.50 bits per heavy atom. The van der Waals surface area contributed by atoms with Gasteiger partial charge in [0.15, 0.2) is 5.71 Å². The standard InChI is InChI=1S/C7H9NO4/c1-3-4-5(6(9)12-2)8-7(10)11/h3-4H,1-2H3,(H,10,11)/b4-3-,8-5+. The summed E-state index contributed by atoms with van der Waals surface area (Å²) in [7, 11) is 1.16. The molecule has 0 atom stereocenters. The molecule has 0 aliphatic rings. The number of aliphatic imine (C=N–C) groups is 1. The minimum atomic E-state index is -1.42. The van der Waals surface area contributed by atoms with Gasteiger partial charge in [-0.3, -0.25) is 0 Å². The highest BCUT2D eigenvalue weighted by molar-refractivity contribution is 6.42. The highest BCUT2D eigenvalue weighted by atomic mass is 16.5. The number of amides is 1. The highest BCUT2D eigenvalue weighted by Gasteiger charge is 2.08. The average molecular weight is 171 g/mol. The molecule has 0 spiro atoms. The lowest BCUT2D eigenvalue weighted by Gasteiger charge is -1.95.